The van der Waals surface area contributed by atoms with Gasteiger partial charge in [-0.2, -0.15) is 0 Å². The fourth-order valence-electron chi connectivity index (χ4n) is 2.91. The van der Waals surface area contributed by atoms with Crippen molar-refractivity contribution in [2.45, 2.75) is 26.2 Å². The molecule has 0 aliphatic carbocycles. The van der Waals surface area contributed by atoms with Crippen molar-refractivity contribution in [1.82, 2.24) is 10.2 Å². The molecular weight excluding hydrogens is 290 g/mol. The standard InChI is InChI=1S/C18H21N3O2/c1-2-13-3-5-14(6-4-13)16-7-8-17(20-19-16)21-11-9-15(10-12-21)18(22)23/h3-8,15H,2,9-12H2,1H3,(H,22,23). The van der Waals surface area contributed by atoms with Gasteiger partial charge >= 0.3 is 5.97 Å². The van der Waals surface area contributed by atoms with Gasteiger partial charge in [-0.25, -0.2) is 0 Å². The number of hydrogen-bond donors (Lipinski definition) is 1. The van der Waals surface area contributed by atoms with Crippen LogP contribution >= 0.6 is 0 Å². The molecule has 1 aromatic heterocycles. The van der Waals surface area contributed by atoms with Crippen LogP contribution in [-0.2, 0) is 11.2 Å². The van der Waals surface area contributed by atoms with E-state index in [0.29, 0.717) is 12.8 Å². The van der Waals surface area contributed by atoms with Gasteiger partial charge in [-0.05, 0) is 37.0 Å². The molecule has 1 saturated heterocycles. The lowest BCUT2D eigenvalue weighted by Crippen LogP contribution is -2.36. The minimum atomic E-state index is -0.693. The summed E-state index contributed by atoms with van der Waals surface area (Å²) in [5, 5.41) is 17.7. The average molecular weight is 311 g/mol. The Bertz CT molecular complexity index is 660. The van der Waals surface area contributed by atoms with Crippen molar-refractivity contribution in [2.24, 2.45) is 5.92 Å². The average Bonchev–Trinajstić information content (AvgIpc) is 2.62. The Morgan fingerprint density at radius 2 is 1.83 bits per heavy atom. The van der Waals surface area contributed by atoms with Crippen molar-refractivity contribution in [3.8, 4) is 11.3 Å². The Morgan fingerprint density at radius 1 is 1.13 bits per heavy atom. The molecule has 0 spiro atoms. The number of aromatic nitrogens is 2. The van der Waals surface area contributed by atoms with Crippen LogP contribution in [0.3, 0.4) is 0 Å². The number of aliphatic carboxylic acids is 1. The highest BCUT2D eigenvalue weighted by molar-refractivity contribution is 5.70. The number of carboxylic acid groups (broad SMARTS) is 1. The van der Waals surface area contributed by atoms with Crippen LogP contribution in [-0.4, -0.2) is 34.4 Å². The minimum absolute atomic E-state index is 0.226. The Hall–Kier alpha value is -2.43. The van der Waals surface area contributed by atoms with Gasteiger partial charge in [-0.1, -0.05) is 31.2 Å². The van der Waals surface area contributed by atoms with E-state index in [1.165, 1.54) is 5.56 Å². The van der Waals surface area contributed by atoms with E-state index in [0.717, 1.165) is 36.6 Å². The molecule has 1 N–H and O–H groups in total. The predicted octanol–water partition coefficient (Wildman–Crippen LogP) is 3.01. The molecule has 5 heteroatoms. The third-order valence-corrected chi connectivity index (χ3v) is 4.48. The van der Waals surface area contributed by atoms with Crippen LogP contribution in [0.1, 0.15) is 25.3 Å². The van der Waals surface area contributed by atoms with Crippen molar-refractivity contribution in [2.75, 3.05) is 18.0 Å². The second-order valence-corrected chi connectivity index (χ2v) is 5.93. The minimum Gasteiger partial charge on any atom is -0.481 e. The lowest BCUT2D eigenvalue weighted by molar-refractivity contribution is -0.142. The summed E-state index contributed by atoms with van der Waals surface area (Å²) in [6.45, 7) is 3.57. The summed E-state index contributed by atoms with van der Waals surface area (Å²) in [7, 11) is 0. The molecule has 0 saturated carbocycles. The van der Waals surface area contributed by atoms with E-state index in [9.17, 15) is 4.79 Å². The SMILES string of the molecule is CCc1ccc(-c2ccc(N3CCC(C(=O)O)CC3)nn2)cc1. The van der Waals surface area contributed by atoms with Crippen LogP contribution in [0.25, 0.3) is 11.3 Å². The maximum Gasteiger partial charge on any atom is 0.306 e. The second kappa shape index (κ2) is 6.77. The number of nitrogens with zero attached hydrogens (tertiary/aromatic N) is 3. The molecule has 3 rings (SSSR count). The summed E-state index contributed by atoms with van der Waals surface area (Å²) in [6, 6.07) is 12.3. The number of benzene rings is 1. The highest BCUT2D eigenvalue weighted by Gasteiger charge is 2.25. The van der Waals surface area contributed by atoms with Crippen molar-refractivity contribution < 1.29 is 9.90 Å². The Labute approximate surface area is 136 Å². The largest absolute Gasteiger partial charge is 0.481 e. The highest BCUT2D eigenvalue weighted by Crippen LogP contribution is 2.23. The molecule has 1 aliphatic heterocycles. The van der Waals surface area contributed by atoms with E-state index in [2.05, 4.69) is 46.3 Å². The van der Waals surface area contributed by atoms with Gasteiger partial charge < -0.3 is 10.0 Å². The molecule has 1 aromatic carbocycles. The van der Waals surface area contributed by atoms with Crippen LogP contribution in [0.2, 0.25) is 0 Å². The van der Waals surface area contributed by atoms with Gasteiger partial charge in [0.15, 0.2) is 5.82 Å². The van der Waals surface area contributed by atoms with Gasteiger partial charge in [-0.15, -0.1) is 10.2 Å². The van der Waals surface area contributed by atoms with Gasteiger partial charge in [0.25, 0.3) is 0 Å². The van der Waals surface area contributed by atoms with Gasteiger partial charge in [0.05, 0.1) is 11.6 Å². The van der Waals surface area contributed by atoms with E-state index < -0.39 is 5.97 Å². The molecule has 1 fully saturated rings. The molecule has 0 unspecified atom stereocenters. The van der Waals surface area contributed by atoms with E-state index >= 15 is 0 Å². The number of aryl methyl sites for hydroxylation is 1. The van der Waals surface area contributed by atoms with Gasteiger partial charge in [0.1, 0.15) is 0 Å². The first-order chi connectivity index (χ1) is 11.2. The molecule has 2 heterocycles. The fourth-order valence-corrected chi connectivity index (χ4v) is 2.91. The quantitative estimate of drug-likeness (QED) is 0.940. The summed E-state index contributed by atoms with van der Waals surface area (Å²) < 4.78 is 0. The third kappa shape index (κ3) is 3.50. The molecule has 2 aromatic rings. The maximum atomic E-state index is 11.0. The zero-order valence-electron chi connectivity index (χ0n) is 13.3. The number of anilines is 1. The summed E-state index contributed by atoms with van der Waals surface area (Å²) in [5.74, 6) is -0.0973. The summed E-state index contributed by atoms with van der Waals surface area (Å²) in [4.78, 5) is 13.1. The summed E-state index contributed by atoms with van der Waals surface area (Å²) in [6.07, 6.45) is 2.35. The van der Waals surface area contributed by atoms with E-state index in [1.807, 2.05) is 12.1 Å². The zero-order chi connectivity index (χ0) is 16.2. The Morgan fingerprint density at radius 3 is 2.35 bits per heavy atom. The lowest BCUT2D eigenvalue weighted by Gasteiger charge is -2.30. The Balaban J connectivity index is 1.68. The first kappa shape index (κ1) is 15.5. The fraction of sp³-hybridized carbons (Fsp3) is 0.389. The molecule has 0 amide bonds. The predicted molar refractivity (Wildman–Crippen MR) is 89.4 cm³/mol. The van der Waals surface area contributed by atoms with E-state index in [-0.39, 0.29) is 5.92 Å². The van der Waals surface area contributed by atoms with E-state index in [4.69, 9.17) is 5.11 Å². The first-order valence-electron chi connectivity index (χ1n) is 8.08. The van der Waals surface area contributed by atoms with Crippen LogP contribution in [0.15, 0.2) is 36.4 Å². The van der Waals surface area contributed by atoms with Crippen LogP contribution in [0.4, 0.5) is 5.82 Å². The molecule has 5 nitrogen and oxygen atoms in total. The van der Waals surface area contributed by atoms with Crippen molar-refractivity contribution in [1.29, 1.82) is 0 Å². The summed E-state index contributed by atoms with van der Waals surface area (Å²) >= 11 is 0. The maximum absolute atomic E-state index is 11.0. The number of carbonyl (C=O) groups is 1. The van der Waals surface area contributed by atoms with Gasteiger partial charge in [-0.3, -0.25) is 4.79 Å². The number of piperidine rings is 1. The van der Waals surface area contributed by atoms with Crippen molar-refractivity contribution >= 4 is 11.8 Å². The highest BCUT2D eigenvalue weighted by atomic mass is 16.4. The van der Waals surface area contributed by atoms with Crippen LogP contribution in [0, 0.1) is 5.92 Å². The topological polar surface area (TPSA) is 66.3 Å². The second-order valence-electron chi connectivity index (χ2n) is 5.93. The number of carboxylic acids is 1. The van der Waals surface area contributed by atoms with Gasteiger partial charge in [0, 0.05) is 18.7 Å². The molecule has 23 heavy (non-hydrogen) atoms. The van der Waals surface area contributed by atoms with E-state index in [1.54, 1.807) is 0 Å². The third-order valence-electron chi connectivity index (χ3n) is 4.48. The van der Waals surface area contributed by atoms with Crippen molar-refractivity contribution in [3.63, 3.8) is 0 Å². The van der Waals surface area contributed by atoms with Crippen molar-refractivity contribution in [3.05, 3.63) is 42.0 Å². The van der Waals surface area contributed by atoms with Gasteiger partial charge in [0.2, 0.25) is 0 Å². The molecule has 120 valence electrons. The number of hydrogen-bond acceptors (Lipinski definition) is 4. The van der Waals surface area contributed by atoms with Crippen LogP contribution < -0.4 is 4.90 Å². The molecular formula is C18H21N3O2. The normalized spacial score (nSPS) is 15.6. The summed E-state index contributed by atoms with van der Waals surface area (Å²) in [5.41, 5.74) is 3.22. The smallest absolute Gasteiger partial charge is 0.306 e. The van der Waals surface area contributed by atoms with Crippen LogP contribution in [0.5, 0.6) is 0 Å². The molecule has 0 radical (unpaired) electrons. The Kier molecular flexibility index (Phi) is 4.55. The number of rotatable bonds is 4. The lowest BCUT2D eigenvalue weighted by atomic mass is 9.97. The first-order valence-corrected chi connectivity index (χ1v) is 8.08. The molecule has 1 aliphatic rings. The molecule has 0 bridgehead atoms. The zero-order valence-corrected chi connectivity index (χ0v) is 13.3. The molecule has 0 atom stereocenters. The monoisotopic (exact) mass is 311 g/mol.